The van der Waals surface area contributed by atoms with Crippen molar-refractivity contribution in [3.8, 4) is 0 Å². The molecule has 1 aliphatic carbocycles. The molecule has 2 heteroatoms. The van der Waals surface area contributed by atoms with Crippen LogP contribution in [0.3, 0.4) is 0 Å². The fourth-order valence-corrected chi connectivity index (χ4v) is 2.20. The van der Waals surface area contributed by atoms with E-state index in [-0.39, 0.29) is 11.2 Å². The average Bonchev–Trinajstić information content (AvgIpc) is 1.83. The first-order valence-corrected chi connectivity index (χ1v) is 5.03. The molecule has 62 valence electrons. The molecule has 0 radical (unpaired) electrons. The summed E-state index contributed by atoms with van der Waals surface area (Å²) in [5.74, 6) is 0.283. The van der Waals surface area contributed by atoms with Crippen LogP contribution in [0.4, 0.5) is 0 Å². The highest BCUT2D eigenvalue weighted by molar-refractivity contribution is 8.02. The number of allylic oxidation sites excluding steroid dienone is 2. The predicted octanol–water partition coefficient (Wildman–Crippen LogP) is 2.62. The third-order valence-electron chi connectivity index (χ3n) is 1.89. The summed E-state index contributed by atoms with van der Waals surface area (Å²) >= 11 is 1.69. The van der Waals surface area contributed by atoms with E-state index in [1.54, 1.807) is 17.8 Å². The molecular weight excluding hydrogens is 156 g/mol. The van der Waals surface area contributed by atoms with Gasteiger partial charge in [-0.15, -0.1) is 11.8 Å². The van der Waals surface area contributed by atoms with E-state index in [1.165, 1.54) is 4.91 Å². The Kier molecular flexibility index (Phi) is 2.43. The third-order valence-corrected chi connectivity index (χ3v) is 2.68. The summed E-state index contributed by atoms with van der Waals surface area (Å²) in [6.07, 6.45) is 5.58. The number of thioether (sulfide) groups is 1. The Morgan fingerprint density at radius 2 is 2.09 bits per heavy atom. The highest BCUT2D eigenvalue weighted by Gasteiger charge is 2.26. The Morgan fingerprint density at radius 3 is 2.55 bits per heavy atom. The number of carbonyl (C=O) groups excluding carboxylic acids is 1. The lowest BCUT2D eigenvalue weighted by molar-refractivity contribution is -0.116. The normalized spacial score (nSPS) is 23.2. The molecule has 0 aromatic rings. The predicted molar refractivity (Wildman–Crippen MR) is 49.6 cm³/mol. The van der Waals surface area contributed by atoms with E-state index in [0.29, 0.717) is 6.42 Å². The number of ketones is 1. The van der Waals surface area contributed by atoms with E-state index in [4.69, 9.17) is 0 Å². The van der Waals surface area contributed by atoms with Gasteiger partial charge in [0.1, 0.15) is 0 Å². The standard InChI is InChI=1S/C9H14OS/c1-9(2)5-7(10)4-8(6-9)11-3/h4H,5-6H2,1-3H3. The molecule has 0 saturated carbocycles. The SMILES string of the molecule is CSC1=CC(=O)CC(C)(C)C1. The van der Waals surface area contributed by atoms with Crippen molar-refractivity contribution < 1.29 is 4.79 Å². The average molecular weight is 170 g/mol. The van der Waals surface area contributed by atoms with Crippen LogP contribution in [0, 0.1) is 5.41 Å². The number of rotatable bonds is 1. The summed E-state index contributed by atoms with van der Waals surface area (Å²) in [6.45, 7) is 4.29. The maximum absolute atomic E-state index is 11.2. The maximum Gasteiger partial charge on any atom is 0.157 e. The van der Waals surface area contributed by atoms with E-state index in [0.717, 1.165) is 6.42 Å². The van der Waals surface area contributed by atoms with Crippen molar-refractivity contribution >= 4 is 17.5 Å². The van der Waals surface area contributed by atoms with Gasteiger partial charge in [-0.1, -0.05) is 13.8 Å². The van der Waals surface area contributed by atoms with E-state index in [9.17, 15) is 4.79 Å². The second kappa shape index (κ2) is 3.02. The lowest BCUT2D eigenvalue weighted by Gasteiger charge is -2.27. The molecule has 0 bridgehead atoms. The van der Waals surface area contributed by atoms with Crippen LogP contribution in [0.5, 0.6) is 0 Å². The molecule has 0 unspecified atom stereocenters. The monoisotopic (exact) mass is 170 g/mol. The number of carbonyl (C=O) groups is 1. The molecule has 0 amide bonds. The van der Waals surface area contributed by atoms with Crippen molar-refractivity contribution in [2.75, 3.05) is 6.26 Å². The van der Waals surface area contributed by atoms with Gasteiger partial charge in [0.05, 0.1) is 0 Å². The Balaban J connectivity index is 2.78. The summed E-state index contributed by atoms with van der Waals surface area (Å²) in [4.78, 5) is 12.4. The minimum absolute atomic E-state index is 0.185. The van der Waals surface area contributed by atoms with E-state index >= 15 is 0 Å². The summed E-state index contributed by atoms with van der Waals surface area (Å²) in [5, 5.41) is 0. The van der Waals surface area contributed by atoms with E-state index in [1.807, 2.05) is 6.26 Å². The minimum Gasteiger partial charge on any atom is -0.295 e. The second-order valence-electron chi connectivity index (χ2n) is 3.80. The van der Waals surface area contributed by atoms with Crippen molar-refractivity contribution in [3.05, 3.63) is 11.0 Å². The van der Waals surface area contributed by atoms with Gasteiger partial charge in [0, 0.05) is 6.42 Å². The molecule has 0 atom stereocenters. The van der Waals surface area contributed by atoms with Crippen LogP contribution in [0.2, 0.25) is 0 Å². The summed E-state index contributed by atoms with van der Waals surface area (Å²) in [5.41, 5.74) is 0.185. The Morgan fingerprint density at radius 1 is 1.45 bits per heavy atom. The Labute approximate surface area is 72.2 Å². The highest BCUT2D eigenvalue weighted by atomic mass is 32.2. The molecule has 0 aromatic heterocycles. The van der Waals surface area contributed by atoms with Gasteiger partial charge in [-0.25, -0.2) is 0 Å². The van der Waals surface area contributed by atoms with Crippen molar-refractivity contribution in [2.24, 2.45) is 5.41 Å². The van der Waals surface area contributed by atoms with Gasteiger partial charge in [-0.3, -0.25) is 4.79 Å². The molecule has 0 saturated heterocycles. The minimum atomic E-state index is 0.185. The smallest absolute Gasteiger partial charge is 0.157 e. The van der Waals surface area contributed by atoms with E-state index in [2.05, 4.69) is 13.8 Å². The van der Waals surface area contributed by atoms with Gasteiger partial charge < -0.3 is 0 Å². The molecule has 0 heterocycles. The first-order valence-electron chi connectivity index (χ1n) is 3.81. The first kappa shape index (κ1) is 8.85. The molecule has 0 N–H and O–H groups in total. The zero-order valence-electron chi connectivity index (χ0n) is 7.31. The number of hydrogen-bond acceptors (Lipinski definition) is 2. The number of hydrogen-bond donors (Lipinski definition) is 0. The first-order chi connectivity index (χ1) is 5.03. The zero-order chi connectivity index (χ0) is 8.48. The van der Waals surface area contributed by atoms with Crippen LogP contribution in [0.15, 0.2) is 11.0 Å². The second-order valence-corrected chi connectivity index (χ2v) is 4.73. The van der Waals surface area contributed by atoms with Crippen molar-refractivity contribution in [3.63, 3.8) is 0 Å². The van der Waals surface area contributed by atoms with Crippen molar-refractivity contribution in [2.45, 2.75) is 26.7 Å². The van der Waals surface area contributed by atoms with Gasteiger partial charge in [0.2, 0.25) is 0 Å². The molecule has 0 aliphatic heterocycles. The van der Waals surface area contributed by atoms with Crippen LogP contribution >= 0.6 is 11.8 Å². The molecule has 1 nitrogen and oxygen atoms in total. The van der Waals surface area contributed by atoms with Crippen LogP contribution in [-0.4, -0.2) is 12.0 Å². The Bertz CT molecular complexity index is 204. The summed E-state index contributed by atoms with van der Waals surface area (Å²) in [6, 6.07) is 0. The topological polar surface area (TPSA) is 17.1 Å². The van der Waals surface area contributed by atoms with Crippen molar-refractivity contribution in [1.29, 1.82) is 0 Å². The van der Waals surface area contributed by atoms with E-state index < -0.39 is 0 Å². The lowest BCUT2D eigenvalue weighted by Crippen LogP contribution is -2.20. The van der Waals surface area contributed by atoms with Crippen LogP contribution in [-0.2, 0) is 4.79 Å². The fraction of sp³-hybridized carbons (Fsp3) is 0.667. The molecule has 11 heavy (non-hydrogen) atoms. The summed E-state index contributed by atoms with van der Waals surface area (Å²) in [7, 11) is 0. The molecular formula is C9H14OS. The van der Waals surface area contributed by atoms with Crippen LogP contribution < -0.4 is 0 Å². The molecule has 1 rings (SSSR count). The fourth-order valence-electron chi connectivity index (χ4n) is 1.42. The third kappa shape index (κ3) is 2.37. The molecule has 1 aliphatic rings. The molecule has 0 aromatic carbocycles. The highest BCUT2D eigenvalue weighted by Crippen LogP contribution is 2.37. The molecule has 0 fully saturated rings. The van der Waals surface area contributed by atoms with Gasteiger partial charge in [0.25, 0.3) is 0 Å². The van der Waals surface area contributed by atoms with Gasteiger partial charge in [-0.05, 0) is 29.1 Å². The van der Waals surface area contributed by atoms with Crippen LogP contribution in [0.25, 0.3) is 0 Å². The van der Waals surface area contributed by atoms with Crippen molar-refractivity contribution in [1.82, 2.24) is 0 Å². The van der Waals surface area contributed by atoms with Gasteiger partial charge in [-0.2, -0.15) is 0 Å². The maximum atomic E-state index is 11.2. The Hall–Kier alpha value is -0.240. The largest absolute Gasteiger partial charge is 0.295 e. The van der Waals surface area contributed by atoms with Gasteiger partial charge in [0.15, 0.2) is 5.78 Å². The zero-order valence-corrected chi connectivity index (χ0v) is 8.12. The quantitative estimate of drug-likeness (QED) is 0.601. The lowest BCUT2D eigenvalue weighted by atomic mass is 9.80. The summed E-state index contributed by atoms with van der Waals surface area (Å²) < 4.78 is 0. The van der Waals surface area contributed by atoms with Crippen LogP contribution in [0.1, 0.15) is 26.7 Å². The molecule has 0 spiro atoms. The van der Waals surface area contributed by atoms with Gasteiger partial charge >= 0.3 is 0 Å².